The van der Waals surface area contributed by atoms with Crippen molar-refractivity contribution < 1.29 is 29.4 Å². The number of hydrogen-bond acceptors (Lipinski definition) is 7. The molecule has 3 unspecified atom stereocenters. The zero-order valence-corrected chi connectivity index (χ0v) is 19.0. The Hall–Kier alpha value is -3.18. The number of unbranched alkanes of at least 4 members (excludes halogenated alkanes) is 1. The number of carbonyl (C=O) groups excluding carboxylic acids is 3. The minimum atomic E-state index is -1.17. The lowest BCUT2D eigenvalue weighted by Gasteiger charge is -2.21. The predicted octanol–water partition coefficient (Wildman–Crippen LogP) is -0.783. The number of carboxylic acid groups (broad SMARTS) is 1. The van der Waals surface area contributed by atoms with Crippen LogP contribution in [0.2, 0.25) is 0 Å². The number of amides is 3. The Bertz CT molecular complexity index is 799. The number of hydrogen-bond donors (Lipinski definition) is 7. The first kappa shape index (κ1) is 27.9. The zero-order valence-electron chi connectivity index (χ0n) is 19.0. The van der Waals surface area contributed by atoms with Crippen molar-refractivity contribution in [2.45, 2.75) is 57.7 Å². The summed E-state index contributed by atoms with van der Waals surface area (Å²) in [7, 11) is 0. The first-order valence-electron chi connectivity index (χ1n) is 10.9. The van der Waals surface area contributed by atoms with Crippen LogP contribution in [0.1, 0.15) is 38.7 Å². The third kappa shape index (κ3) is 10.3. The lowest BCUT2D eigenvalue weighted by atomic mass is 10.0. The summed E-state index contributed by atoms with van der Waals surface area (Å²) < 4.78 is 0. The van der Waals surface area contributed by atoms with Gasteiger partial charge in [0.2, 0.25) is 17.7 Å². The normalized spacial score (nSPS) is 13.6. The highest BCUT2D eigenvalue weighted by Gasteiger charge is 2.26. The summed E-state index contributed by atoms with van der Waals surface area (Å²) in [4.78, 5) is 48.5. The number of benzene rings is 1. The number of nitrogens with two attached hydrogens (primary N) is 2. The van der Waals surface area contributed by atoms with Gasteiger partial charge >= 0.3 is 5.97 Å². The maximum absolute atomic E-state index is 12.6. The molecule has 0 aliphatic rings. The van der Waals surface area contributed by atoms with Gasteiger partial charge in [-0.2, -0.15) is 0 Å². The smallest absolute Gasteiger partial charge is 0.326 e. The van der Waals surface area contributed by atoms with E-state index in [0.29, 0.717) is 25.8 Å². The second-order valence-electron chi connectivity index (χ2n) is 8.17. The van der Waals surface area contributed by atoms with E-state index in [1.165, 1.54) is 12.1 Å². The first-order chi connectivity index (χ1) is 15.5. The van der Waals surface area contributed by atoms with E-state index in [1.54, 1.807) is 26.0 Å². The van der Waals surface area contributed by atoms with Gasteiger partial charge in [-0.05, 0) is 55.8 Å². The van der Waals surface area contributed by atoms with Crippen molar-refractivity contribution in [3.05, 3.63) is 29.8 Å². The molecule has 1 rings (SSSR count). The SMILES string of the molecule is CC(C)C(NC(=O)CNC(=O)C(CCCCN)NC(=O)C(N)Cc1ccc(O)cc1)C(=O)O. The van der Waals surface area contributed by atoms with Gasteiger partial charge < -0.3 is 37.6 Å². The Balaban J connectivity index is 2.69. The summed E-state index contributed by atoms with van der Waals surface area (Å²) in [6.45, 7) is 3.30. The molecule has 0 heterocycles. The minimum absolute atomic E-state index is 0.0977. The monoisotopic (exact) mass is 465 g/mol. The molecule has 0 bridgehead atoms. The minimum Gasteiger partial charge on any atom is -0.508 e. The molecule has 0 saturated carbocycles. The van der Waals surface area contributed by atoms with Crippen molar-refractivity contribution in [3.8, 4) is 5.75 Å². The van der Waals surface area contributed by atoms with Crippen LogP contribution in [-0.2, 0) is 25.6 Å². The molecule has 0 aliphatic heterocycles. The number of aromatic hydroxyl groups is 1. The molecular weight excluding hydrogens is 430 g/mol. The van der Waals surface area contributed by atoms with Crippen molar-refractivity contribution in [2.24, 2.45) is 17.4 Å². The van der Waals surface area contributed by atoms with Crippen molar-refractivity contribution in [3.63, 3.8) is 0 Å². The van der Waals surface area contributed by atoms with Gasteiger partial charge in [0.25, 0.3) is 0 Å². The fourth-order valence-electron chi connectivity index (χ4n) is 3.05. The molecule has 184 valence electrons. The topological polar surface area (TPSA) is 197 Å². The maximum atomic E-state index is 12.6. The quantitative estimate of drug-likeness (QED) is 0.174. The molecule has 11 nitrogen and oxygen atoms in total. The van der Waals surface area contributed by atoms with Crippen LogP contribution in [0, 0.1) is 5.92 Å². The van der Waals surface area contributed by atoms with Crippen LogP contribution >= 0.6 is 0 Å². The molecule has 0 fully saturated rings. The standard InChI is InChI=1S/C22H35N5O6/c1-13(2)19(22(32)33)27-18(29)12-25-21(31)17(5-3-4-10-23)26-20(30)16(24)11-14-6-8-15(28)9-7-14/h6-9,13,16-17,19,28H,3-5,10-12,23-24H2,1-2H3,(H,25,31)(H,26,30)(H,27,29)(H,32,33). The number of phenolic OH excluding ortho intramolecular Hbond substituents is 1. The van der Waals surface area contributed by atoms with E-state index in [-0.39, 0.29) is 18.1 Å². The molecule has 3 atom stereocenters. The fourth-order valence-corrected chi connectivity index (χ4v) is 3.05. The Kier molecular flexibility index (Phi) is 11.9. The van der Waals surface area contributed by atoms with Crippen molar-refractivity contribution >= 4 is 23.7 Å². The lowest BCUT2D eigenvalue weighted by Crippen LogP contribution is -2.54. The fraction of sp³-hybridized carbons (Fsp3) is 0.545. The molecule has 1 aromatic carbocycles. The second kappa shape index (κ2) is 14.1. The van der Waals surface area contributed by atoms with E-state index in [1.807, 2.05) is 0 Å². The molecule has 0 spiro atoms. The number of nitrogens with one attached hydrogen (secondary N) is 3. The van der Waals surface area contributed by atoms with Crippen LogP contribution in [0.25, 0.3) is 0 Å². The van der Waals surface area contributed by atoms with Gasteiger partial charge in [0.15, 0.2) is 0 Å². The largest absolute Gasteiger partial charge is 0.508 e. The average molecular weight is 466 g/mol. The number of rotatable bonds is 14. The lowest BCUT2D eigenvalue weighted by molar-refractivity contribution is -0.143. The molecule has 0 radical (unpaired) electrons. The maximum Gasteiger partial charge on any atom is 0.326 e. The molecule has 0 saturated heterocycles. The number of phenols is 1. The Morgan fingerprint density at radius 3 is 2.18 bits per heavy atom. The highest BCUT2D eigenvalue weighted by molar-refractivity contribution is 5.92. The number of carbonyl (C=O) groups is 4. The van der Waals surface area contributed by atoms with Gasteiger partial charge in [0.05, 0.1) is 12.6 Å². The Morgan fingerprint density at radius 1 is 1.00 bits per heavy atom. The van der Waals surface area contributed by atoms with Gasteiger partial charge in [0.1, 0.15) is 17.8 Å². The van der Waals surface area contributed by atoms with E-state index in [0.717, 1.165) is 5.56 Å². The van der Waals surface area contributed by atoms with E-state index >= 15 is 0 Å². The highest BCUT2D eigenvalue weighted by atomic mass is 16.4. The van der Waals surface area contributed by atoms with Crippen LogP contribution in [0.4, 0.5) is 0 Å². The van der Waals surface area contributed by atoms with Crippen molar-refractivity contribution in [2.75, 3.05) is 13.1 Å². The van der Waals surface area contributed by atoms with Crippen molar-refractivity contribution in [1.29, 1.82) is 0 Å². The van der Waals surface area contributed by atoms with Crippen LogP contribution in [0.15, 0.2) is 24.3 Å². The molecule has 3 amide bonds. The van der Waals surface area contributed by atoms with Gasteiger partial charge in [0, 0.05) is 0 Å². The van der Waals surface area contributed by atoms with E-state index in [4.69, 9.17) is 16.6 Å². The van der Waals surface area contributed by atoms with Gasteiger partial charge in [-0.1, -0.05) is 26.0 Å². The highest BCUT2D eigenvalue weighted by Crippen LogP contribution is 2.11. The van der Waals surface area contributed by atoms with E-state index < -0.39 is 48.4 Å². The van der Waals surface area contributed by atoms with Crippen LogP contribution in [0.3, 0.4) is 0 Å². The third-order valence-corrected chi connectivity index (χ3v) is 4.98. The number of aliphatic carboxylic acids is 1. The molecular formula is C22H35N5O6. The molecule has 0 aliphatic carbocycles. The van der Waals surface area contributed by atoms with Crippen molar-refractivity contribution in [1.82, 2.24) is 16.0 Å². The summed E-state index contributed by atoms with van der Waals surface area (Å²) in [5, 5.41) is 25.9. The first-order valence-corrected chi connectivity index (χ1v) is 10.9. The molecule has 9 N–H and O–H groups in total. The molecule has 0 aromatic heterocycles. The third-order valence-electron chi connectivity index (χ3n) is 4.98. The van der Waals surface area contributed by atoms with E-state index in [9.17, 15) is 24.3 Å². The van der Waals surface area contributed by atoms with Crippen LogP contribution in [0.5, 0.6) is 5.75 Å². The zero-order chi connectivity index (χ0) is 25.0. The van der Waals surface area contributed by atoms with Gasteiger partial charge in [-0.15, -0.1) is 0 Å². The summed E-state index contributed by atoms with van der Waals surface area (Å²) in [6.07, 6.45) is 1.72. The van der Waals surface area contributed by atoms with Gasteiger partial charge in [-0.25, -0.2) is 4.79 Å². The predicted molar refractivity (Wildman–Crippen MR) is 122 cm³/mol. The summed E-state index contributed by atoms with van der Waals surface area (Å²) in [6, 6.07) is 3.34. The van der Waals surface area contributed by atoms with Crippen LogP contribution < -0.4 is 27.4 Å². The van der Waals surface area contributed by atoms with E-state index in [2.05, 4.69) is 16.0 Å². The second-order valence-corrected chi connectivity index (χ2v) is 8.17. The Morgan fingerprint density at radius 2 is 1.64 bits per heavy atom. The molecule has 1 aromatic rings. The van der Waals surface area contributed by atoms with Crippen LogP contribution in [-0.4, -0.2) is 65.1 Å². The molecule has 11 heteroatoms. The summed E-state index contributed by atoms with van der Waals surface area (Å²) in [5.74, 6) is -3.17. The molecule has 33 heavy (non-hydrogen) atoms. The summed E-state index contributed by atoms with van der Waals surface area (Å²) >= 11 is 0. The van der Waals surface area contributed by atoms with Gasteiger partial charge in [-0.3, -0.25) is 14.4 Å². The average Bonchev–Trinajstić information content (AvgIpc) is 2.76. The Labute approximate surface area is 193 Å². The number of carboxylic acids is 1. The summed E-state index contributed by atoms with van der Waals surface area (Å²) in [5.41, 5.74) is 12.2.